The van der Waals surface area contributed by atoms with Crippen LogP contribution in [-0.4, -0.2) is 65.7 Å². The molecule has 2 aliphatic heterocycles. The molecule has 1 atom stereocenters. The Bertz CT molecular complexity index is 894. The monoisotopic (exact) mass is 402 g/mol. The molecule has 0 amide bonds. The van der Waals surface area contributed by atoms with Gasteiger partial charge in [-0.25, -0.2) is 13.4 Å². The summed E-state index contributed by atoms with van der Waals surface area (Å²) in [5.41, 5.74) is 2.22. The number of piperazine rings is 1. The van der Waals surface area contributed by atoms with Crippen molar-refractivity contribution in [2.75, 3.05) is 31.9 Å². The van der Waals surface area contributed by atoms with E-state index in [2.05, 4.69) is 26.9 Å². The summed E-state index contributed by atoms with van der Waals surface area (Å²) < 4.78 is 27.1. The lowest BCUT2D eigenvalue weighted by molar-refractivity contribution is 0.0974. The summed E-state index contributed by atoms with van der Waals surface area (Å²) in [4.78, 5) is 9.40. The predicted octanol–water partition coefficient (Wildman–Crippen LogP) is 2.20. The van der Waals surface area contributed by atoms with E-state index in [4.69, 9.17) is 0 Å². The Hall–Kier alpha value is -1.70. The highest BCUT2D eigenvalue weighted by molar-refractivity contribution is 7.91. The average Bonchev–Trinajstić information content (AvgIpc) is 3.34. The molecule has 0 bridgehead atoms. The first-order valence-electron chi connectivity index (χ1n) is 10.3. The van der Waals surface area contributed by atoms with Crippen LogP contribution in [0.15, 0.2) is 41.7 Å². The molecule has 7 heteroatoms. The fraction of sp³-hybridized carbons (Fsp3) is 0.571. The van der Waals surface area contributed by atoms with Gasteiger partial charge in [0.1, 0.15) is 0 Å². The molecular weight excluding hydrogens is 372 g/mol. The third-order valence-corrected chi connectivity index (χ3v) is 7.73. The molecule has 152 valence electrons. The molecule has 2 saturated heterocycles. The van der Waals surface area contributed by atoms with Gasteiger partial charge in [0.25, 0.3) is 0 Å². The Labute approximate surface area is 168 Å². The molecule has 0 saturated carbocycles. The quantitative estimate of drug-likeness (QED) is 0.711. The van der Waals surface area contributed by atoms with Crippen LogP contribution in [0.3, 0.4) is 0 Å². The second kappa shape index (κ2) is 8.35. The van der Waals surface area contributed by atoms with Crippen LogP contribution in [0, 0.1) is 0 Å². The van der Waals surface area contributed by atoms with Gasteiger partial charge in [0.2, 0.25) is 15.0 Å². The van der Waals surface area contributed by atoms with Crippen LogP contribution >= 0.6 is 0 Å². The third-order valence-electron chi connectivity index (χ3n) is 6.08. The zero-order chi connectivity index (χ0) is 19.6. The van der Waals surface area contributed by atoms with Crippen molar-refractivity contribution in [3.63, 3.8) is 0 Å². The van der Waals surface area contributed by atoms with Crippen molar-refractivity contribution in [1.29, 1.82) is 0 Å². The van der Waals surface area contributed by atoms with Gasteiger partial charge >= 0.3 is 0 Å². The Kier molecular flexibility index (Phi) is 5.85. The number of sulfone groups is 1. The molecule has 1 aromatic carbocycles. The van der Waals surface area contributed by atoms with E-state index in [0.717, 1.165) is 38.3 Å². The third kappa shape index (κ3) is 4.16. The van der Waals surface area contributed by atoms with Gasteiger partial charge in [-0.15, -0.1) is 0 Å². The standard InChI is InChI=1S/C21H30N4O2S/c1-2-28(26,27)21-22-15-20(25(21)12-10-18-7-4-3-5-8-18)17-23-13-14-24-11-6-9-19(24)16-23/h3-5,7-8,15,19H,2,6,9-14,16-17H2,1H3/t19-/m0/s1. The highest BCUT2D eigenvalue weighted by Crippen LogP contribution is 2.23. The first-order chi connectivity index (χ1) is 13.6. The van der Waals surface area contributed by atoms with Gasteiger partial charge < -0.3 is 4.57 Å². The normalized spacial score (nSPS) is 21.1. The minimum absolute atomic E-state index is 0.0789. The van der Waals surface area contributed by atoms with Gasteiger partial charge in [0, 0.05) is 38.8 Å². The van der Waals surface area contributed by atoms with Crippen molar-refractivity contribution in [3.05, 3.63) is 47.8 Å². The number of fused-ring (bicyclic) bond motifs is 1. The minimum atomic E-state index is -3.34. The fourth-order valence-corrected chi connectivity index (χ4v) is 5.46. The zero-order valence-electron chi connectivity index (χ0n) is 16.6. The van der Waals surface area contributed by atoms with Crippen LogP contribution < -0.4 is 0 Å². The van der Waals surface area contributed by atoms with E-state index in [0.29, 0.717) is 12.6 Å². The van der Waals surface area contributed by atoms with Crippen LogP contribution in [0.5, 0.6) is 0 Å². The average molecular weight is 403 g/mol. The van der Waals surface area contributed by atoms with Gasteiger partial charge in [0.15, 0.2) is 0 Å². The number of benzene rings is 1. The van der Waals surface area contributed by atoms with E-state index in [1.807, 2.05) is 22.8 Å². The molecule has 0 aliphatic carbocycles. The Balaban J connectivity index is 1.54. The number of hydrogen-bond acceptors (Lipinski definition) is 5. The molecule has 0 N–H and O–H groups in total. The second-order valence-corrected chi connectivity index (χ2v) is 10.1. The number of aromatic nitrogens is 2. The van der Waals surface area contributed by atoms with Gasteiger partial charge in [-0.3, -0.25) is 9.80 Å². The van der Waals surface area contributed by atoms with E-state index in [1.54, 1.807) is 13.1 Å². The molecule has 0 unspecified atom stereocenters. The van der Waals surface area contributed by atoms with Crippen molar-refractivity contribution in [1.82, 2.24) is 19.4 Å². The topological polar surface area (TPSA) is 58.4 Å². The Morgan fingerprint density at radius 3 is 2.75 bits per heavy atom. The van der Waals surface area contributed by atoms with Gasteiger partial charge in [-0.05, 0) is 31.4 Å². The van der Waals surface area contributed by atoms with Gasteiger partial charge in [-0.1, -0.05) is 37.3 Å². The maximum absolute atomic E-state index is 12.6. The first kappa shape index (κ1) is 19.6. The van der Waals surface area contributed by atoms with Crippen LogP contribution in [0.25, 0.3) is 0 Å². The lowest BCUT2D eigenvalue weighted by Crippen LogP contribution is -2.49. The molecule has 4 rings (SSSR count). The summed E-state index contributed by atoms with van der Waals surface area (Å²) >= 11 is 0. The molecule has 3 heterocycles. The minimum Gasteiger partial charge on any atom is -0.317 e. The highest BCUT2D eigenvalue weighted by Gasteiger charge is 2.31. The molecule has 2 fully saturated rings. The van der Waals surface area contributed by atoms with Crippen molar-refractivity contribution < 1.29 is 8.42 Å². The predicted molar refractivity (Wildman–Crippen MR) is 110 cm³/mol. The molecule has 28 heavy (non-hydrogen) atoms. The summed E-state index contributed by atoms with van der Waals surface area (Å²) in [7, 11) is -3.34. The van der Waals surface area contributed by atoms with Crippen molar-refractivity contribution in [3.8, 4) is 0 Å². The second-order valence-electron chi connectivity index (χ2n) is 7.89. The van der Waals surface area contributed by atoms with Crippen LogP contribution in [0.4, 0.5) is 0 Å². The van der Waals surface area contributed by atoms with Crippen LogP contribution in [0.2, 0.25) is 0 Å². The summed E-state index contributed by atoms with van der Waals surface area (Å²) in [6.45, 7) is 7.54. The summed E-state index contributed by atoms with van der Waals surface area (Å²) in [5.74, 6) is 0.0789. The van der Waals surface area contributed by atoms with E-state index < -0.39 is 9.84 Å². The summed E-state index contributed by atoms with van der Waals surface area (Å²) in [5, 5.41) is 0.223. The lowest BCUT2D eigenvalue weighted by Gasteiger charge is -2.37. The largest absolute Gasteiger partial charge is 0.317 e. The number of hydrogen-bond donors (Lipinski definition) is 0. The summed E-state index contributed by atoms with van der Waals surface area (Å²) in [6.07, 6.45) is 5.15. The van der Waals surface area contributed by atoms with Gasteiger partial charge in [0.05, 0.1) is 17.6 Å². The first-order valence-corrected chi connectivity index (χ1v) is 12.0. The molecule has 0 radical (unpaired) electrons. The van der Waals surface area contributed by atoms with Crippen molar-refractivity contribution in [2.24, 2.45) is 0 Å². The fourth-order valence-electron chi connectivity index (χ4n) is 4.45. The smallest absolute Gasteiger partial charge is 0.227 e. The van der Waals surface area contributed by atoms with E-state index in [-0.39, 0.29) is 10.9 Å². The number of imidazole rings is 1. The molecule has 6 nitrogen and oxygen atoms in total. The molecular formula is C21H30N4O2S. The summed E-state index contributed by atoms with van der Waals surface area (Å²) in [6, 6.07) is 10.9. The molecule has 2 aliphatic rings. The van der Waals surface area contributed by atoms with E-state index >= 15 is 0 Å². The zero-order valence-corrected chi connectivity index (χ0v) is 17.4. The Morgan fingerprint density at radius 2 is 1.96 bits per heavy atom. The van der Waals surface area contributed by atoms with E-state index in [9.17, 15) is 8.42 Å². The molecule has 2 aromatic rings. The number of aryl methyl sites for hydroxylation is 1. The highest BCUT2D eigenvalue weighted by atomic mass is 32.2. The lowest BCUT2D eigenvalue weighted by atomic mass is 10.1. The maximum atomic E-state index is 12.6. The van der Waals surface area contributed by atoms with Crippen LogP contribution in [0.1, 0.15) is 31.0 Å². The van der Waals surface area contributed by atoms with Crippen molar-refractivity contribution >= 4 is 9.84 Å². The maximum Gasteiger partial charge on any atom is 0.227 e. The van der Waals surface area contributed by atoms with Gasteiger partial charge in [-0.2, -0.15) is 0 Å². The molecule has 0 spiro atoms. The molecule has 1 aromatic heterocycles. The van der Waals surface area contributed by atoms with E-state index in [1.165, 1.54) is 24.9 Å². The number of nitrogens with zero attached hydrogens (tertiary/aromatic N) is 4. The van der Waals surface area contributed by atoms with Crippen LogP contribution in [-0.2, 0) is 29.3 Å². The SMILES string of the molecule is CCS(=O)(=O)c1ncc(CN2CCN3CCC[C@H]3C2)n1CCc1ccccc1. The van der Waals surface area contributed by atoms with Crippen molar-refractivity contribution in [2.45, 2.75) is 50.5 Å². The Morgan fingerprint density at radius 1 is 1.14 bits per heavy atom. The number of rotatable bonds is 7.